The summed E-state index contributed by atoms with van der Waals surface area (Å²) < 4.78 is 33.3. The van der Waals surface area contributed by atoms with E-state index in [-0.39, 0.29) is 77.9 Å². The first kappa shape index (κ1) is 57.7. The molecular weight excluding hydrogens is 1040 g/mol. The highest BCUT2D eigenvalue weighted by Crippen LogP contribution is 2.38. The van der Waals surface area contributed by atoms with Gasteiger partial charge in [-0.15, -0.1) is 12.4 Å². The van der Waals surface area contributed by atoms with Gasteiger partial charge in [-0.1, -0.05) is 43.5 Å². The number of rotatable bonds is 17. The highest BCUT2D eigenvalue weighted by Gasteiger charge is 2.45. The van der Waals surface area contributed by atoms with Crippen molar-refractivity contribution in [2.24, 2.45) is 5.92 Å². The number of anilines is 3. The minimum Gasteiger partial charge on any atom is -0.491 e. The van der Waals surface area contributed by atoms with Gasteiger partial charge in [-0.05, 0) is 110 Å². The lowest BCUT2D eigenvalue weighted by molar-refractivity contribution is -0.143. The summed E-state index contributed by atoms with van der Waals surface area (Å²) in [6.07, 6.45) is 11.8. The van der Waals surface area contributed by atoms with E-state index in [9.17, 15) is 27.6 Å². The molecule has 2 aliphatic carbocycles. The standard InChI is InChI=1S/C55H74N14O7S.ClH/c1-33-34(2)65-66-48(33)64-49-41-27-46(77(74,75)55(4,5)6)45(28-43(41)59-32-60-49)76-25-24-67-20-22-68(23-21-67)54-57-29-38(30-58-54)51(71)61-39-26-44(52(72)62-42-19-13-17-36-14-11-12-18-40(36)42)69(31-39)53(73)47(37-15-9-8-10-16-37)63-50(70)35(3)56-7;/h11-12,14,18,27-30,32,35,37,39,42,44,47,56H,8-10,13,15-17,19-26,31H2,1-7H3,(H,61,71)(H,62,72)(H,63,70)(H2,59,60,64,65,66);1H/t35?,39-,42+,44-,47?;/m0./s1. The maximum Gasteiger partial charge on any atom is 0.254 e. The van der Waals surface area contributed by atoms with E-state index in [4.69, 9.17) is 4.74 Å². The number of hydrogen-bond acceptors (Lipinski definition) is 16. The molecule has 2 aromatic carbocycles. The highest BCUT2D eigenvalue weighted by atomic mass is 35.5. The van der Waals surface area contributed by atoms with Crippen molar-refractivity contribution in [3.8, 4) is 5.75 Å². The van der Waals surface area contributed by atoms with Crippen molar-refractivity contribution in [2.45, 2.75) is 139 Å². The van der Waals surface area contributed by atoms with Crippen LogP contribution in [0.25, 0.3) is 10.9 Å². The summed E-state index contributed by atoms with van der Waals surface area (Å²) in [4.78, 5) is 80.5. The molecule has 0 spiro atoms. The molecule has 1 saturated carbocycles. The number of H-pyrrole nitrogens is 1. The average Bonchev–Trinajstić information content (AvgIpc) is 4.02. The van der Waals surface area contributed by atoms with Crippen LogP contribution in [0, 0.1) is 19.8 Å². The molecule has 0 radical (unpaired) electrons. The first-order chi connectivity index (χ1) is 36.9. The minimum atomic E-state index is -3.87. The van der Waals surface area contributed by atoms with E-state index in [2.05, 4.69) is 67.7 Å². The Hall–Kier alpha value is -6.49. The van der Waals surface area contributed by atoms with Gasteiger partial charge in [0, 0.05) is 80.4 Å². The maximum atomic E-state index is 14.8. The van der Waals surface area contributed by atoms with E-state index >= 15 is 0 Å². The molecule has 78 heavy (non-hydrogen) atoms. The van der Waals surface area contributed by atoms with E-state index in [1.807, 2.05) is 36.9 Å². The molecule has 0 bridgehead atoms. The number of carbonyl (C=O) groups is 4. The van der Waals surface area contributed by atoms with Crippen LogP contribution in [0.4, 0.5) is 17.6 Å². The van der Waals surface area contributed by atoms with Crippen LogP contribution >= 0.6 is 12.4 Å². The van der Waals surface area contributed by atoms with Crippen molar-refractivity contribution in [3.63, 3.8) is 0 Å². The van der Waals surface area contributed by atoms with E-state index in [0.717, 1.165) is 68.2 Å². The first-order valence-corrected chi connectivity index (χ1v) is 28.6. The van der Waals surface area contributed by atoms with Crippen molar-refractivity contribution >= 4 is 74.4 Å². The number of likely N-dealkylation sites (N-methyl/N-ethyl adjacent to an activating group) is 1. The summed E-state index contributed by atoms with van der Waals surface area (Å²) in [5.74, 6) is 0.325. The zero-order chi connectivity index (χ0) is 54.6. The van der Waals surface area contributed by atoms with Gasteiger partial charge in [0.25, 0.3) is 5.91 Å². The lowest BCUT2D eigenvalue weighted by atomic mass is 9.83. The summed E-state index contributed by atoms with van der Waals surface area (Å²) in [7, 11) is -2.17. The van der Waals surface area contributed by atoms with Crippen LogP contribution < -0.4 is 36.2 Å². The molecule has 5 atom stereocenters. The number of nitrogens with one attached hydrogen (secondary N) is 6. The Labute approximate surface area is 463 Å². The minimum absolute atomic E-state index is 0. The van der Waals surface area contributed by atoms with E-state index in [1.54, 1.807) is 51.8 Å². The smallest absolute Gasteiger partial charge is 0.254 e. The number of amides is 4. The number of benzene rings is 2. The Morgan fingerprint density at radius 1 is 0.897 bits per heavy atom. The number of carbonyl (C=O) groups excluding carboxylic acids is 4. The van der Waals surface area contributed by atoms with Crippen molar-refractivity contribution < 1.29 is 32.3 Å². The van der Waals surface area contributed by atoms with Gasteiger partial charge in [0.2, 0.25) is 23.7 Å². The molecule has 420 valence electrons. The van der Waals surface area contributed by atoms with Gasteiger partial charge < -0.3 is 41.1 Å². The second-order valence-electron chi connectivity index (χ2n) is 22.0. The predicted octanol–water partition coefficient (Wildman–Crippen LogP) is 5.26. The molecule has 4 aliphatic rings. The fraction of sp³-hybridized carbons (Fsp3) is 0.545. The summed E-state index contributed by atoms with van der Waals surface area (Å²) in [6, 6.07) is 8.40. The third-order valence-corrected chi connectivity index (χ3v) is 18.4. The van der Waals surface area contributed by atoms with Crippen LogP contribution in [0.2, 0.25) is 0 Å². The number of aryl methyl sites for hydroxylation is 2. The Morgan fingerprint density at radius 3 is 2.32 bits per heavy atom. The summed E-state index contributed by atoms with van der Waals surface area (Å²) in [6.45, 7) is 13.9. The van der Waals surface area contributed by atoms with Crippen LogP contribution in [0.15, 0.2) is 60.0 Å². The largest absolute Gasteiger partial charge is 0.491 e. The molecule has 4 amide bonds. The Morgan fingerprint density at radius 2 is 1.63 bits per heavy atom. The summed E-state index contributed by atoms with van der Waals surface area (Å²) in [5.41, 5.74) is 4.85. The summed E-state index contributed by atoms with van der Waals surface area (Å²) >= 11 is 0. The Bertz CT molecular complexity index is 3070. The molecule has 6 N–H and O–H groups in total. The van der Waals surface area contributed by atoms with Gasteiger partial charge in [0.15, 0.2) is 15.7 Å². The third-order valence-electron chi connectivity index (χ3n) is 15.9. The topological polar surface area (TPSA) is 262 Å². The lowest BCUT2D eigenvalue weighted by Crippen LogP contribution is -2.58. The molecule has 5 aromatic rings. The molecule has 23 heteroatoms. The zero-order valence-corrected chi connectivity index (χ0v) is 47.4. The fourth-order valence-corrected chi connectivity index (χ4v) is 12.2. The number of nitrogens with zero attached hydrogens (tertiary/aromatic N) is 8. The van der Waals surface area contributed by atoms with Crippen LogP contribution in [0.5, 0.6) is 5.75 Å². The first-order valence-electron chi connectivity index (χ1n) is 27.1. The normalized spacial score (nSPS) is 20.0. The number of ether oxygens (including phenoxy) is 1. The molecule has 2 unspecified atom stereocenters. The van der Waals surface area contributed by atoms with E-state index in [1.165, 1.54) is 24.3 Å². The molecule has 2 saturated heterocycles. The van der Waals surface area contributed by atoms with Crippen molar-refractivity contribution in [1.29, 1.82) is 0 Å². The quantitative estimate of drug-likeness (QED) is 0.0694. The molecule has 9 rings (SSSR count). The van der Waals surface area contributed by atoms with Gasteiger partial charge >= 0.3 is 0 Å². The zero-order valence-electron chi connectivity index (χ0n) is 45.7. The van der Waals surface area contributed by atoms with E-state index < -0.39 is 44.7 Å². The van der Waals surface area contributed by atoms with Gasteiger partial charge in [-0.2, -0.15) is 5.10 Å². The van der Waals surface area contributed by atoms with Crippen LogP contribution in [-0.4, -0.2) is 154 Å². The van der Waals surface area contributed by atoms with Crippen molar-refractivity contribution in [2.75, 3.05) is 63.1 Å². The number of piperazine rings is 1. The summed E-state index contributed by atoms with van der Waals surface area (Å²) in [5, 5.41) is 23.4. The predicted molar refractivity (Wildman–Crippen MR) is 300 cm³/mol. The number of fused-ring (bicyclic) bond motifs is 2. The number of sulfone groups is 1. The second kappa shape index (κ2) is 24.7. The number of hydrogen-bond donors (Lipinski definition) is 6. The van der Waals surface area contributed by atoms with Gasteiger partial charge in [-0.25, -0.2) is 28.4 Å². The van der Waals surface area contributed by atoms with Crippen molar-refractivity contribution in [1.82, 2.24) is 61.2 Å². The Balaban J connectivity index is 0.00000803. The average molecular weight is 1110 g/mol. The monoisotopic (exact) mass is 1110 g/mol. The number of halogens is 1. The second-order valence-corrected chi connectivity index (χ2v) is 24.7. The van der Waals surface area contributed by atoms with Crippen LogP contribution in [-0.2, 0) is 30.6 Å². The van der Waals surface area contributed by atoms with Crippen LogP contribution in [0.1, 0.15) is 118 Å². The molecule has 21 nitrogen and oxygen atoms in total. The molecule has 3 fully saturated rings. The molecular formula is C55H75ClN14O7S. The number of likely N-dealkylation sites (tertiary alicyclic amines) is 1. The lowest BCUT2D eigenvalue weighted by Gasteiger charge is -2.35. The van der Waals surface area contributed by atoms with Gasteiger partial charge in [0.1, 0.15) is 41.5 Å². The van der Waals surface area contributed by atoms with Gasteiger partial charge in [0.05, 0.1) is 27.9 Å². The number of aromatic nitrogens is 6. The van der Waals surface area contributed by atoms with E-state index in [0.29, 0.717) is 61.2 Å². The molecule has 5 heterocycles. The fourth-order valence-electron chi connectivity index (χ4n) is 10.9. The van der Waals surface area contributed by atoms with Gasteiger partial charge in [-0.3, -0.25) is 29.2 Å². The molecule has 3 aromatic heterocycles. The van der Waals surface area contributed by atoms with Crippen molar-refractivity contribution in [3.05, 3.63) is 83.1 Å². The number of aromatic amines is 1. The highest BCUT2D eigenvalue weighted by molar-refractivity contribution is 7.92. The third kappa shape index (κ3) is 12.7. The van der Waals surface area contributed by atoms with Crippen LogP contribution in [0.3, 0.4) is 0 Å². The SMILES string of the molecule is CNC(C)C(=O)NC(C(=O)N1C[C@@H](NC(=O)c2cnc(N3CCN(CCOc4cc5ncnc(Nc6n[nH]c(C)c6C)c5cc4S(=O)(=O)C(C)(C)C)CC3)nc2)C[C@H]1C(=O)N[C@@H]1CCCc2ccccc21)C1CCCCC1.Cl. The maximum absolute atomic E-state index is 14.8. The Kier molecular flexibility index (Phi) is 18.2. The molecule has 2 aliphatic heterocycles.